The number of hydrogen-bond acceptors (Lipinski definition) is 3. The van der Waals surface area contributed by atoms with E-state index in [2.05, 4.69) is 0 Å². The number of rotatable bonds is 6. The van der Waals surface area contributed by atoms with E-state index < -0.39 is 46.3 Å². The number of alkyl halides is 3. The highest BCUT2D eigenvalue weighted by atomic mass is 35.5. The Morgan fingerprint density at radius 2 is 1.90 bits per heavy atom. The number of nitrogens with one attached hydrogen (secondary N) is 1. The van der Waals surface area contributed by atoms with Crippen molar-refractivity contribution in [2.75, 3.05) is 6.54 Å². The Hall–Kier alpha value is -0.900. The van der Waals surface area contributed by atoms with Crippen molar-refractivity contribution in [1.82, 2.24) is 4.72 Å². The van der Waals surface area contributed by atoms with Gasteiger partial charge in [0, 0.05) is 30.1 Å². The molecule has 0 spiro atoms. The first-order valence-electron chi connectivity index (χ1n) is 5.81. The molecule has 0 aliphatic rings. The second kappa shape index (κ2) is 6.91. The van der Waals surface area contributed by atoms with Crippen LogP contribution >= 0.6 is 11.6 Å². The van der Waals surface area contributed by atoms with Crippen molar-refractivity contribution in [2.24, 2.45) is 5.73 Å². The van der Waals surface area contributed by atoms with Crippen molar-refractivity contribution in [3.8, 4) is 0 Å². The Bertz CT molecular complexity index is 605. The minimum absolute atomic E-state index is 0.0347. The lowest BCUT2D eigenvalue weighted by Crippen LogP contribution is -2.27. The van der Waals surface area contributed by atoms with Gasteiger partial charge in [-0.05, 0) is 18.6 Å². The van der Waals surface area contributed by atoms with Crippen molar-refractivity contribution in [2.45, 2.75) is 30.5 Å². The highest BCUT2D eigenvalue weighted by Gasteiger charge is 2.27. The van der Waals surface area contributed by atoms with E-state index in [0.717, 1.165) is 6.07 Å². The summed E-state index contributed by atoms with van der Waals surface area (Å²) in [5, 5.41) is -0.0347. The molecule has 4 nitrogen and oxygen atoms in total. The van der Waals surface area contributed by atoms with Crippen LogP contribution in [0.4, 0.5) is 17.6 Å². The molecule has 0 aromatic heterocycles. The van der Waals surface area contributed by atoms with E-state index in [1.54, 1.807) is 0 Å². The van der Waals surface area contributed by atoms with Crippen LogP contribution in [-0.4, -0.2) is 21.1 Å². The standard InChI is InChI=1S/C11H13ClF4N2O2S/c12-8-4-7(6-17)10(13)9(5-8)21(19,20)18-3-1-2-11(14,15)16/h4-5,18H,1-3,6,17H2. The lowest BCUT2D eigenvalue weighted by molar-refractivity contribution is -0.135. The molecule has 0 atom stereocenters. The fraction of sp³-hybridized carbons (Fsp3) is 0.455. The zero-order valence-corrected chi connectivity index (χ0v) is 12.2. The molecule has 1 rings (SSSR count). The summed E-state index contributed by atoms with van der Waals surface area (Å²) in [7, 11) is -4.30. The third kappa shape index (κ3) is 5.42. The number of sulfonamides is 1. The van der Waals surface area contributed by atoms with Crippen LogP contribution in [0.3, 0.4) is 0 Å². The normalized spacial score (nSPS) is 12.7. The van der Waals surface area contributed by atoms with Gasteiger partial charge in [-0.2, -0.15) is 13.2 Å². The summed E-state index contributed by atoms with van der Waals surface area (Å²) in [6, 6.07) is 2.06. The van der Waals surface area contributed by atoms with E-state index in [4.69, 9.17) is 17.3 Å². The fourth-order valence-corrected chi connectivity index (χ4v) is 3.06. The molecule has 21 heavy (non-hydrogen) atoms. The van der Waals surface area contributed by atoms with Gasteiger partial charge >= 0.3 is 6.18 Å². The minimum Gasteiger partial charge on any atom is -0.326 e. The first kappa shape index (κ1) is 18.1. The predicted octanol–water partition coefficient (Wildman–Crippen LogP) is 2.56. The summed E-state index contributed by atoms with van der Waals surface area (Å²) in [6.45, 7) is -0.727. The van der Waals surface area contributed by atoms with Crippen LogP contribution in [0.2, 0.25) is 5.02 Å². The van der Waals surface area contributed by atoms with Gasteiger partial charge in [0.05, 0.1) is 0 Å². The molecule has 1 aromatic rings. The van der Waals surface area contributed by atoms with Crippen LogP contribution in [0, 0.1) is 5.82 Å². The largest absolute Gasteiger partial charge is 0.389 e. The van der Waals surface area contributed by atoms with Gasteiger partial charge in [0.25, 0.3) is 0 Å². The Morgan fingerprint density at radius 1 is 1.29 bits per heavy atom. The molecule has 0 aliphatic heterocycles. The number of halogens is 5. The molecule has 0 fully saturated rings. The topological polar surface area (TPSA) is 72.2 Å². The van der Waals surface area contributed by atoms with E-state index in [0.29, 0.717) is 0 Å². The highest BCUT2D eigenvalue weighted by Crippen LogP contribution is 2.24. The second-order valence-corrected chi connectivity index (χ2v) is 6.37. The maximum absolute atomic E-state index is 13.9. The summed E-state index contributed by atoms with van der Waals surface area (Å²) in [5.41, 5.74) is 5.16. The van der Waals surface area contributed by atoms with E-state index in [-0.39, 0.29) is 17.1 Å². The maximum Gasteiger partial charge on any atom is 0.389 e. The summed E-state index contributed by atoms with van der Waals surface area (Å²) in [6.07, 6.45) is -5.96. The van der Waals surface area contributed by atoms with Gasteiger partial charge in [0.1, 0.15) is 10.7 Å². The highest BCUT2D eigenvalue weighted by molar-refractivity contribution is 7.89. The van der Waals surface area contributed by atoms with Gasteiger partial charge < -0.3 is 5.73 Å². The van der Waals surface area contributed by atoms with Crippen molar-refractivity contribution >= 4 is 21.6 Å². The molecule has 0 saturated heterocycles. The Morgan fingerprint density at radius 3 is 2.43 bits per heavy atom. The first-order valence-corrected chi connectivity index (χ1v) is 7.67. The van der Waals surface area contributed by atoms with Crippen LogP contribution in [0.25, 0.3) is 0 Å². The van der Waals surface area contributed by atoms with Crippen molar-refractivity contribution in [3.63, 3.8) is 0 Å². The third-order valence-corrected chi connectivity index (χ3v) is 4.20. The molecule has 0 heterocycles. The number of hydrogen-bond donors (Lipinski definition) is 2. The van der Waals surface area contributed by atoms with Gasteiger partial charge in [0.2, 0.25) is 10.0 Å². The summed E-state index contributed by atoms with van der Waals surface area (Å²) in [4.78, 5) is -0.734. The number of nitrogens with two attached hydrogens (primary N) is 1. The van der Waals surface area contributed by atoms with Crippen molar-refractivity contribution in [3.05, 3.63) is 28.5 Å². The van der Waals surface area contributed by atoms with Crippen LogP contribution in [0.15, 0.2) is 17.0 Å². The van der Waals surface area contributed by atoms with Crippen LogP contribution < -0.4 is 10.5 Å². The Labute approximate surface area is 124 Å². The van der Waals surface area contributed by atoms with E-state index in [1.807, 2.05) is 4.72 Å². The number of benzene rings is 1. The van der Waals surface area contributed by atoms with Crippen LogP contribution in [0.5, 0.6) is 0 Å². The third-order valence-electron chi connectivity index (χ3n) is 2.52. The molecular formula is C11H13ClF4N2O2S. The summed E-state index contributed by atoms with van der Waals surface area (Å²) in [5.74, 6) is -1.06. The molecule has 3 N–H and O–H groups in total. The molecule has 0 saturated carbocycles. The lowest BCUT2D eigenvalue weighted by atomic mass is 10.2. The first-order chi connectivity index (χ1) is 9.57. The molecule has 0 amide bonds. The SMILES string of the molecule is NCc1cc(Cl)cc(S(=O)(=O)NCCCC(F)(F)F)c1F. The zero-order valence-electron chi connectivity index (χ0n) is 10.7. The quantitative estimate of drug-likeness (QED) is 0.613. The van der Waals surface area contributed by atoms with Crippen LogP contribution in [-0.2, 0) is 16.6 Å². The molecular weight excluding hydrogens is 336 g/mol. The predicted molar refractivity (Wildman–Crippen MR) is 69.8 cm³/mol. The molecule has 0 aliphatic carbocycles. The average Bonchev–Trinajstić information content (AvgIpc) is 2.36. The van der Waals surface area contributed by atoms with Gasteiger partial charge in [-0.3, -0.25) is 0 Å². The smallest absolute Gasteiger partial charge is 0.326 e. The van der Waals surface area contributed by atoms with Gasteiger partial charge in [-0.25, -0.2) is 17.5 Å². The van der Waals surface area contributed by atoms with Gasteiger partial charge in [-0.1, -0.05) is 11.6 Å². The molecule has 1 aromatic carbocycles. The minimum atomic E-state index is -4.38. The average molecular weight is 349 g/mol. The van der Waals surface area contributed by atoms with Gasteiger partial charge in [-0.15, -0.1) is 0 Å². The Kier molecular flexibility index (Phi) is 5.97. The van der Waals surface area contributed by atoms with E-state index in [9.17, 15) is 26.0 Å². The molecule has 10 heteroatoms. The maximum atomic E-state index is 13.9. The van der Waals surface area contributed by atoms with E-state index in [1.165, 1.54) is 6.07 Å². The monoisotopic (exact) mass is 348 g/mol. The Balaban J connectivity index is 2.86. The molecule has 0 bridgehead atoms. The zero-order chi connectivity index (χ0) is 16.3. The fourth-order valence-electron chi connectivity index (χ4n) is 1.54. The molecule has 0 unspecified atom stereocenters. The molecule has 120 valence electrons. The summed E-state index contributed by atoms with van der Waals surface area (Å²) >= 11 is 5.66. The van der Waals surface area contributed by atoms with Gasteiger partial charge in [0.15, 0.2) is 0 Å². The second-order valence-electron chi connectivity index (χ2n) is 4.20. The summed E-state index contributed by atoms with van der Waals surface area (Å²) < 4.78 is 75.4. The van der Waals surface area contributed by atoms with Crippen molar-refractivity contribution < 1.29 is 26.0 Å². The van der Waals surface area contributed by atoms with Crippen LogP contribution in [0.1, 0.15) is 18.4 Å². The van der Waals surface area contributed by atoms with E-state index >= 15 is 0 Å². The lowest BCUT2D eigenvalue weighted by Gasteiger charge is -2.11. The molecule has 0 radical (unpaired) electrons. The van der Waals surface area contributed by atoms with Crippen molar-refractivity contribution in [1.29, 1.82) is 0 Å².